The van der Waals surface area contributed by atoms with Crippen molar-refractivity contribution in [3.8, 4) is 5.75 Å². The maximum Gasteiger partial charge on any atom is 0.283 e. The number of nitrogens with zero attached hydrogens (tertiary/aromatic N) is 1. The number of halogens is 2. The summed E-state index contributed by atoms with van der Waals surface area (Å²) in [7, 11) is 1.69. The van der Waals surface area contributed by atoms with Gasteiger partial charge in [0.2, 0.25) is 0 Å². The number of rotatable bonds is 6. The quantitative estimate of drug-likeness (QED) is 0.400. The van der Waals surface area contributed by atoms with Gasteiger partial charge in [0, 0.05) is 27.2 Å². The molecule has 2 aromatic carbocycles. The van der Waals surface area contributed by atoms with Gasteiger partial charge in [-0.05, 0) is 35.9 Å². The number of methoxy groups -OCH3 is 1. The number of hydrogen-bond acceptors (Lipinski definition) is 5. The third kappa shape index (κ3) is 5.18. The average Bonchev–Trinajstić information content (AvgIpc) is 3.12. The van der Waals surface area contributed by atoms with Crippen molar-refractivity contribution in [2.75, 3.05) is 31.7 Å². The summed E-state index contributed by atoms with van der Waals surface area (Å²) in [5.41, 5.74) is 4.61. The van der Waals surface area contributed by atoms with E-state index in [1.54, 1.807) is 24.3 Å². The number of hydrogen-bond donors (Lipinski definition) is 2. The van der Waals surface area contributed by atoms with E-state index in [4.69, 9.17) is 27.9 Å². The molecule has 1 fully saturated rings. The fraction of sp³-hybridized carbons (Fsp3) is 0.273. The molecule has 2 N–H and O–H groups in total. The predicted octanol–water partition coefficient (Wildman–Crippen LogP) is 4.11. The van der Waals surface area contributed by atoms with E-state index in [0.29, 0.717) is 20.3 Å². The molecular formula is C22H22Cl2N3O2S2+. The Morgan fingerprint density at radius 2 is 2.06 bits per heavy atom. The van der Waals surface area contributed by atoms with Gasteiger partial charge in [-0.15, -0.1) is 11.3 Å². The molecule has 1 aromatic heterocycles. The number of amides is 1. The van der Waals surface area contributed by atoms with Crippen LogP contribution in [0.2, 0.25) is 10.0 Å². The molecule has 162 valence electrons. The normalized spacial score (nSPS) is 14.9. The van der Waals surface area contributed by atoms with Crippen molar-refractivity contribution in [3.05, 3.63) is 62.4 Å². The Morgan fingerprint density at radius 1 is 1.26 bits per heavy atom. The van der Waals surface area contributed by atoms with Gasteiger partial charge in [0.15, 0.2) is 0 Å². The Balaban J connectivity index is 1.47. The van der Waals surface area contributed by atoms with Crippen LogP contribution in [0.25, 0.3) is 10.1 Å². The number of hydrazone groups is 1. The van der Waals surface area contributed by atoms with Crippen LogP contribution in [0.5, 0.6) is 5.75 Å². The number of carbonyl (C=O) groups excluding carboxylic acids is 1. The van der Waals surface area contributed by atoms with E-state index in [0.717, 1.165) is 41.2 Å². The molecule has 5 nitrogen and oxygen atoms in total. The van der Waals surface area contributed by atoms with Gasteiger partial charge in [-0.2, -0.15) is 16.9 Å². The Bertz CT molecular complexity index is 1130. The van der Waals surface area contributed by atoms with E-state index in [1.807, 2.05) is 36.0 Å². The Kier molecular flexibility index (Phi) is 7.40. The zero-order valence-corrected chi connectivity index (χ0v) is 20.1. The number of thiophene rings is 1. The van der Waals surface area contributed by atoms with Crippen molar-refractivity contribution in [3.63, 3.8) is 0 Å². The van der Waals surface area contributed by atoms with Crippen LogP contribution in [0.3, 0.4) is 0 Å². The first-order valence-electron chi connectivity index (χ1n) is 9.85. The lowest BCUT2D eigenvalue weighted by Crippen LogP contribution is -3.12. The highest BCUT2D eigenvalue weighted by Gasteiger charge is 2.19. The molecule has 0 saturated carbocycles. The minimum absolute atomic E-state index is 0.354. The van der Waals surface area contributed by atoms with Gasteiger partial charge in [0.25, 0.3) is 5.91 Å². The van der Waals surface area contributed by atoms with Crippen LogP contribution in [-0.2, 0) is 6.54 Å². The summed E-state index contributed by atoms with van der Waals surface area (Å²) in [6, 6.07) is 11.4. The minimum Gasteiger partial charge on any atom is -0.496 e. The summed E-state index contributed by atoms with van der Waals surface area (Å²) >= 11 is 15.9. The zero-order chi connectivity index (χ0) is 21.8. The fourth-order valence-corrected chi connectivity index (χ4v) is 6.47. The molecule has 0 spiro atoms. The number of ether oxygens (including phenoxy) is 1. The third-order valence-corrected chi connectivity index (χ3v) is 8.08. The van der Waals surface area contributed by atoms with E-state index < -0.39 is 0 Å². The van der Waals surface area contributed by atoms with Gasteiger partial charge < -0.3 is 9.64 Å². The van der Waals surface area contributed by atoms with Gasteiger partial charge in [-0.3, -0.25) is 4.79 Å². The Labute approximate surface area is 199 Å². The van der Waals surface area contributed by atoms with Gasteiger partial charge >= 0.3 is 0 Å². The molecule has 31 heavy (non-hydrogen) atoms. The van der Waals surface area contributed by atoms with Crippen molar-refractivity contribution in [2.24, 2.45) is 5.10 Å². The number of fused-ring (bicyclic) bond motifs is 1. The van der Waals surface area contributed by atoms with Crippen molar-refractivity contribution in [2.45, 2.75) is 6.54 Å². The van der Waals surface area contributed by atoms with Crippen LogP contribution in [-0.4, -0.2) is 43.8 Å². The lowest BCUT2D eigenvalue weighted by molar-refractivity contribution is -0.910. The van der Waals surface area contributed by atoms with Crippen LogP contribution in [0.15, 0.2) is 41.5 Å². The summed E-state index contributed by atoms with van der Waals surface area (Å²) in [5, 5.41) is 5.72. The van der Waals surface area contributed by atoms with Crippen LogP contribution < -0.4 is 15.1 Å². The molecule has 1 amide bonds. The van der Waals surface area contributed by atoms with Crippen LogP contribution in [0, 0.1) is 0 Å². The molecule has 0 atom stereocenters. The van der Waals surface area contributed by atoms with E-state index in [-0.39, 0.29) is 5.91 Å². The fourth-order valence-electron chi connectivity index (χ4n) is 3.56. The van der Waals surface area contributed by atoms with Crippen molar-refractivity contribution in [1.29, 1.82) is 0 Å². The molecule has 0 radical (unpaired) electrons. The van der Waals surface area contributed by atoms with E-state index in [1.165, 1.54) is 22.8 Å². The summed E-state index contributed by atoms with van der Waals surface area (Å²) in [6.07, 6.45) is 1.64. The molecule has 3 aromatic rings. The van der Waals surface area contributed by atoms with Crippen molar-refractivity contribution >= 4 is 68.5 Å². The molecule has 1 aliphatic heterocycles. The second-order valence-corrected chi connectivity index (χ2v) is 10.2. The summed E-state index contributed by atoms with van der Waals surface area (Å²) in [6.45, 7) is 3.22. The summed E-state index contributed by atoms with van der Waals surface area (Å²) < 4.78 is 6.40. The molecular weight excluding hydrogens is 473 g/mol. The first kappa shape index (κ1) is 22.4. The molecule has 2 heterocycles. The molecule has 0 bridgehead atoms. The lowest BCUT2D eigenvalue weighted by Gasteiger charge is -2.24. The summed E-state index contributed by atoms with van der Waals surface area (Å²) in [5.74, 6) is 2.90. The lowest BCUT2D eigenvalue weighted by atomic mass is 10.1. The van der Waals surface area contributed by atoms with E-state index in [2.05, 4.69) is 16.6 Å². The highest BCUT2D eigenvalue weighted by Crippen LogP contribution is 2.39. The molecule has 1 saturated heterocycles. The third-order valence-electron chi connectivity index (χ3n) is 5.14. The maximum atomic E-state index is 12.6. The first-order valence-corrected chi connectivity index (χ1v) is 12.6. The van der Waals surface area contributed by atoms with Gasteiger partial charge in [0.05, 0.1) is 36.5 Å². The van der Waals surface area contributed by atoms with Crippen molar-refractivity contribution < 1.29 is 14.4 Å². The molecule has 4 rings (SSSR count). The van der Waals surface area contributed by atoms with E-state index in [9.17, 15) is 4.79 Å². The number of nitrogens with one attached hydrogen (secondary N) is 2. The van der Waals surface area contributed by atoms with Gasteiger partial charge in [-0.1, -0.05) is 29.3 Å². The van der Waals surface area contributed by atoms with Crippen LogP contribution in [0.1, 0.15) is 20.8 Å². The number of benzene rings is 2. The Hall–Kier alpha value is -1.77. The topological polar surface area (TPSA) is 55.1 Å². The van der Waals surface area contributed by atoms with Crippen LogP contribution in [0.4, 0.5) is 0 Å². The molecule has 0 unspecified atom stereocenters. The number of carbonyl (C=O) groups is 1. The zero-order valence-electron chi connectivity index (χ0n) is 16.9. The summed E-state index contributed by atoms with van der Waals surface area (Å²) in [4.78, 5) is 14.5. The molecule has 9 heteroatoms. The number of thioether (sulfide) groups is 1. The largest absolute Gasteiger partial charge is 0.496 e. The second kappa shape index (κ2) is 10.2. The maximum absolute atomic E-state index is 12.6. The monoisotopic (exact) mass is 494 g/mol. The van der Waals surface area contributed by atoms with Crippen LogP contribution >= 0.6 is 46.3 Å². The van der Waals surface area contributed by atoms with E-state index >= 15 is 0 Å². The second-order valence-electron chi connectivity index (χ2n) is 7.17. The highest BCUT2D eigenvalue weighted by atomic mass is 35.5. The van der Waals surface area contributed by atoms with Gasteiger partial charge in [0.1, 0.15) is 17.2 Å². The predicted molar refractivity (Wildman–Crippen MR) is 132 cm³/mol. The Morgan fingerprint density at radius 3 is 2.81 bits per heavy atom. The minimum atomic E-state index is -0.359. The van der Waals surface area contributed by atoms with Crippen molar-refractivity contribution in [1.82, 2.24) is 5.43 Å². The SMILES string of the molecule is COc1ccc(C=NNC(=O)c2sc3cccc(Cl)c3c2Cl)cc1C[NH+]1CCSCC1. The molecule has 0 aliphatic carbocycles. The molecule has 1 aliphatic rings. The number of quaternary nitrogens is 1. The standard InChI is InChI=1S/C22H21Cl2N3O2S2/c1-29-17-6-5-14(11-15(17)13-27-7-9-30-10-8-27)12-25-26-22(28)21-20(24)19-16(23)3-2-4-18(19)31-21/h2-6,11-12H,7-10,13H2,1H3,(H,26,28)/p+1. The first-order chi connectivity index (χ1) is 15.1. The van der Waals surface area contributed by atoms with Gasteiger partial charge in [-0.25, -0.2) is 5.43 Å². The highest BCUT2D eigenvalue weighted by molar-refractivity contribution is 7.99. The average molecular weight is 495 g/mol. The smallest absolute Gasteiger partial charge is 0.283 e.